The highest BCUT2D eigenvalue weighted by atomic mass is 19.1. The molecule has 2 unspecified atom stereocenters. The van der Waals surface area contributed by atoms with Crippen LogP contribution in [0, 0.1) is 35.4 Å². The number of aromatic hydroxyl groups is 1. The van der Waals surface area contributed by atoms with Crippen LogP contribution in [-0.2, 0) is 32.1 Å². The van der Waals surface area contributed by atoms with Crippen molar-refractivity contribution in [3.8, 4) is 5.75 Å². The van der Waals surface area contributed by atoms with Crippen molar-refractivity contribution in [1.29, 1.82) is 0 Å². The van der Waals surface area contributed by atoms with Crippen LogP contribution in [0.3, 0.4) is 0 Å². The summed E-state index contributed by atoms with van der Waals surface area (Å²) >= 11 is 0. The molecule has 10 nitrogen and oxygen atoms in total. The van der Waals surface area contributed by atoms with Crippen LogP contribution in [0.5, 0.6) is 5.75 Å². The standard InChI is InChI=1S/C28H36FN3O7/c1-6-32(10-12(2)3)11-14-9-17(33)19-15(21(14)29)7-13-8-16-22(31(4)5)24(35)20(27(30)38)26(37)28(16,39)25(36)18(13)23(19)34/h9,12-13,16,18,20,22,33,39H,6-8,10-11H2,1-5H3,(H2,30,38)/t13-,16-,18?,20?,22-,28-/m0/s1. The van der Waals surface area contributed by atoms with Gasteiger partial charge < -0.3 is 15.9 Å². The summed E-state index contributed by atoms with van der Waals surface area (Å²) in [6.45, 7) is 7.58. The number of hydrogen-bond acceptors (Lipinski definition) is 9. The van der Waals surface area contributed by atoms with Gasteiger partial charge in [-0.15, -0.1) is 0 Å². The quantitative estimate of drug-likeness (QED) is 0.415. The molecule has 11 heteroatoms. The average Bonchev–Trinajstić information content (AvgIpc) is 2.83. The summed E-state index contributed by atoms with van der Waals surface area (Å²) in [5.41, 5.74) is 2.38. The monoisotopic (exact) mass is 545 g/mol. The van der Waals surface area contributed by atoms with Crippen molar-refractivity contribution in [1.82, 2.24) is 9.80 Å². The maximum atomic E-state index is 15.9. The molecule has 4 rings (SSSR count). The van der Waals surface area contributed by atoms with Gasteiger partial charge in [-0.2, -0.15) is 0 Å². The van der Waals surface area contributed by atoms with Gasteiger partial charge in [0, 0.05) is 30.1 Å². The SMILES string of the molecule is CCN(Cc1cc(O)c2c(c1F)C[C@H]1C[C@H]3[C@H](N(C)C)C(=O)C(C(N)=O)C(=O)[C@@]3(O)C(=O)C1C2=O)CC(C)C. The van der Waals surface area contributed by atoms with Crippen LogP contribution in [0.2, 0.25) is 0 Å². The summed E-state index contributed by atoms with van der Waals surface area (Å²) in [5.74, 6) is -11.9. The first-order chi connectivity index (χ1) is 18.2. The molecule has 0 spiro atoms. The number of halogens is 1. The Hall–Kier alpha value is -3.02. The number of ketones is 4. The number of nitrogens with zero attached hydrogens (tertiary/aromatic N) is 2. The van der Waals surface area contributed by atoms with E-state index in [1.807, 2.05) is 25.7 Å². The van der Waals surface area contributed by atoms with Crippen LogP contribution in [0.4, 0.5) is 4.39 Å². The van der Waals surface area contributed by atoms with Gasteiger partial charge in [0.2, 0.25) is 5.91 Å². The van der Waals surface area contributed by atoms with Crippen molar-refractivity contribution in [3.05, 3.63) is 28.6 Å². The largest absolute Gasteiger partial charge is 0.507 e. The van der Waals surface area contributed by atoms with E-state index in [0.717, 1.165) is 0 Å². The zero-order valence-electron chi connectivity index (χ0n) is 22.9. The fourth-order valence-corrected chi connectivity index (χ4v) is 6.89. The molecule has 0 saturated heterocycles. The number of benzene rings is 1. The van der Waals surface area contributed by atoms with Crippen LogP contribution >= 0.6 is 0 Å². The van der Waals surface area contributed by atoms with Crippen molar-refractivity contribution in [2.75, 3.05) is 27.2 Å². The number of phenolic OH excluding ortho intramolecular Hbond substituents is 1. The van der Waals surface area contributed by atoms with Crippen LogP contribution in [-0.4, -0.2) is 87.9 Å². The lowest BCUT2D eigenvalue weighted by Gasteiger charge is -2.52. The molecule has 6 atom stereocenters. The number of amides is 1. The highest BCUT2D eigenvalue weighted by Gasteiger charge is 2.69. The molecular weight excluding hydrogens is 509 g/mol. The van der Waals surface area contributed by atoms with E-state index < -0.39 is 75.9 Å². The van der Waals surface area contributed by atoms with Crippen LogP contribution in [0.15, 0.2) is 6.07 Å². The van der Waals surface area contributed by atoms with E-state index in [1.54, 1.807) is 0 Å². The van der Waals surface area contributed by atoms with Gasteiger partial charge in [0.05, 0.1) is 17.5 Å². The van der Waals surface area contributed by atoms with Crippen LogP contribution in [0.25, 0.3) is 0 Å². The van der Waals surface area contributed by atoms with Gasteiger partial charge in [-0.05, 0) is 51.4 Å². The number of aliphatic hydroxyl groups is 1. The highest BCUT2D eigenvalue weighted by Crippen LogP contribution is 2.51. The molecule has 4 N–H and O–H groups in total. The van der Waals surface area contributed by atoms with Gasteiger partial charge in [0.25, 0.3) is 0 Å². The van der Waals surface area contributed by atoms with E-state index in [9.17, 15) is 34.2 Å². The molecule has 1 aromatic rings. The second-order valence-electron chi connectivity index (χ2n) is 11.7. The van der Waals surface area contributed by atoms with E-state index in [1.165, 1.54) is 25.1 Å². The molecule has 0 bridgehead atoms. The Kier molecular flexibility index (Phi) is 7.57. The number of Topliss-reactive ketones (excluding diaryl/α,β-unsaturated/α-hetero) is 4. The van der Waals surface area contributed by atoms with Gasteiger partial charge in [-0.3, -0.25) is 33.8 Å². The van der Waals surface area contributed by atoms with Gasteiger partial charge >= 0.3 is 0 Å². The second kappa shape index (κ2) is 10.2. The summed E-state index contributed by atoms with van der Waals surface area (Å²) in [5, 5.41) is 22.4. The molecule has 1 aromatic carbocycles. The summed E-state index contributed by atoms with van der Waals surface area (Å²) in [7, 11) is 3.02. The van der Waals surface area contributed by atoms with E-state index >= 15 is 4.39 Å². The third-order valence-electron chi connectivity index (χ3n) is 8.53. The number of rotatable bonds is 7. The van der Waals surface area contributed by atoms with Crippen LogP contribution < -0.4 is 5.73 Å². The maximum Gasteiger partial charge on any atom is 0.235 e. The zero-order chi connectivity index (χ0) is 29.1. The molecule has 0 heterocycles. The lowest BCUT2D eigenvalue weighted by molar-refractivity contribution is -0.181. The lowest BCUT2D eigenvalue weighted by atomic mass is 9.52. The first-order valence-electron chi connectivity index (χ1n) is 13.3. The Morgan fingerprint density at radius 2 is 1.85 bits per heavy atom. The van der Waals surface area contributed by atoms with Crippen molar-refractivity contribution in [3.63, 3.8) is 0 Å². The first kappa shape index (κ1) is 29.0. The Morgan fingerprint density at radius 3 is 2.38 bits per heavy atom. The number of likely N-dealkylation sites (N-methyl/N-ethyl adjacent to an activating group) is 1. The predicted octanol–water partition coefficient (Wildman–Crippen LogP) is 0.484. The number of primary amides is 1. The fourth-order valence-electron chi connectivity index (χ4n) is 6.89. The van der Waals surface area contributed by atoms with E-state index in [0.29, 0.717) is 19.0 Å². The summed E-state index contributed by atoms with van der Waals surface area (Å²) in [4.78, 5) is 69.3. The zero-order valence-corrected chi connectivity index (χ0v) is 22.9. The average molecular weight is 546 g/mol. The molecule has 2 saturated carbocycles. The third-order valence-corrected chi connectivity index (χ3v) is 8.53. The smallest absolute Gasteiger partial charge is 0.235 e. The number of hydrogen-bond donors (Lipinski definition) is 3. The molecule has 0 aliphatic heterocycles. The topological polar surface area (TPSA) is 158 Å². The molecule has 2 fully saturated rings. The summed E-state index contributed by atoms with van der Waals surface area (Å²) in [6, 6.07) is -0.0131. The number of carbonyl (C=O) groups excluding carboxylic acids is 5. The van der Waals surface area contributed by atoms with Crippen molar-refractivity contribution < 1.29 is 38.6 Å². The molecule has 0 radical (unpaired) electrons. The van der Waals surface area contributed by atoms with E-state index in [4.69, 9.17) is 5.73 Å². The third kappa shape index (κ3) is 4.40. The molecular formula is C28H36FN3O7. The van der Waals surface area contributed by atoms with Gasteiger partial charge in [0.15, 0.2) is 34.7 Å². The Morgan fingerprint density at radius 1 is 1.21 bits per heavy atom. The number of phenols is 1. The predicted molar refractivity (Wildman–Crippen MR) is 137 cm³/mol. The molecule has 1 amide bonds. The number of nitrogens with two attached hydrogens (primary N) is 1. The minimum absolute atomic E-state index is 0.0139. The molecule has 3 aliphatic carbocycles. The normalized spacial score (nSPS) is 30.6. The van der Waals surface area contributed by atoms with Crippen molar-refractivity contribution >= 4 is 29.0 Å². The molecule has 3 aliphatic rings. The Bertz CT molecular complexity index is 1260. The molecule has 0 aromatic heterocycles. The molecule has 212 valence electrons. The highest BCUT2D eigenvalue weighted by molar-refractivity contribution is 6.32. The van der Waals surface area contributed by atoms with Gasteiger partial charge in [-0.1, -0.05) is 20.8 Å². The fraction of sp³-hybridized carbons (Fsp3) is 0.607. The van der Waals surface area contributed by atoms with Gasteiger partial charge in [-0.25, -0.2) is 4.39 Å². The van der Waals surface area contributed by atoms with Crippen LogP contribution in [0.1, 0.15) is 48.7 Å². The summed E-state index contributed by atoms with van der Waals surface area (Å²) < 4.78 is 15.9. The Labute approximate surface area is 226 Å². The number of carbonyl (C=O) groups is 5. The molecule has 39 heavy (non-hydrogen) atoms. The second-order valence-corrected chi connectivity index (χ2v) is 11.7. The maximum absolute atomic E-state index is 15.9. The lowest BCUT2D eigenvalue weighted by Crippen LogP contribution is -2.74. The van der Waals surface area contributed by atoms with Gasteiger partial charge in [0.1, 0.15) is 11.6 Å². The summed E-state index contributed by atoms with van der Waals surface area (Å²) in [6.07, 6.45) is -0.224. The van der Waals surface area contributed by atoms with Crippen molar-refractivity contribution in [2.24, 2.45) is 35.3 Å². The van der Waals surface area contributed by atoms with E-state index in [2.05, 4.69) is 0 Å². The minimum atomic E-state index is -2.80. The number of fused-ring (bicyclic) bond motifs is 3. The van der Waals surface area contributed by atoms with Crippen molar-refractivity contribution in [2.45, 2.75) is 51.8 Å². The van der Waals surface area contributed by atoms with E-state index in [-0.39, 0.29) is 36.1 Å². The minimum Gasteiger partial charge on any atom is -0.507 e. The Balaban J connectivity index is 1.79. The first-order valence-corrected chi connectivity index (χ1v) is 13.3.